The summed E-state index contributed by atoms with van der Waals surface area (Å²) in [5.41, 5.74) is 0. The van der Waals surface area contributed by atoms with Gasteiger partial charge in [-0.05, 0) is 62.4 Å². The molecule has 0 aromatic heterocycles. The Hall–Kier alpha value is -1.84. The van der Waals surface area contributed by atoms with Gasteiger partial charge in [-0.2, -0.15) is 0 Å². The quantitative estimate of drug-likeness (QED) is 0.417. The zero-order valence-electron chi connectivity index (χ0n) is 13.7. The maximum Gasteiger partial charge on any atom is 0.180 e. The van der Waals surface area contributed by atoms with Crippen LogP contribution in [0.15, 0.2) is 97.3 Å². The summed E-state index contributed by atoms with van der Waals surface area (Å²) in [6.45, 7) is 4.11. The maximum absolute atomic E-state index is 5.79. The summed E-state index contributed by atoms with van der Waals surface area (Å²) in [6, 6.07) is 26.1. The number of rotatable bonds is 3. The van der Waals surface area contributed by atoms with E-state index in [1.54, 1.807) is 0 Å². The van der Waals surface area contributed by atoms with Crippen molar-refractivity contribution in [1.29, 1.82) is 0 Å². The normalized spacial score (nSPS) is 13.5. The van der Waals surface area contributed by atoms with E-state index in [1.807, 2.05) is 11.8 Å². The minimum atomic E-state index is -0.0553. The first kappa shape index (κ1) is 15.7. The van der Waals surface area contributed by atoms with Crippen LogP contribution in [0.5, 0.6) is 5.75 Å². The Morgan fingerprint density at radius 2 is 1.29 bits per heavy atom. The van der Waals surface area contributed by atoms with Gasteiger partial charge in [0.2, 0.25) is 0 Å². The fourth-order valence-electron chi connectivity index (χ4n) is 2.82. The van der Waals surface area contributed by atoms with Crippen molar-refractivity contribution in [3.8, 4) is 5.75 Å². The highest BCUT2D eigenvalue weighted by atomic mass is 32.2. The maximum atomic E-state index is 5.79. The molecule has 0 amide bonds. The van der Waals surface area contributed by atoms with E-state index < -0.39 is 0 Å². The molecule has 3 aromatic rings. The van der Waals surface area contributed by atoms with Crippen molar-refractivity contribution in [2.45, 2.75) is 44.4 Å². The molecule has 0 bridgehead atoms. The van der Waals surface area contributed by atoms with Gasteiger partial charge in [-0.1, -0.05) is 36.0 Å². The van der Waals surface area contributed by atoms with Gasteiger partial charge >= 0.3 is 0 Å². The first-order valence-corrected chi connectivity index (χ1v) is 10.1. The van der Waals surface area contributed by atoms with E-state index in [2.05, 4.69) is 86.6 Å². The lowest BCUT2D eigenvalue weighted by Crippen LogP contribution is -2.11. The Kier molecular flexibility index (Phi) is 4.30. The van der Waals surface area contributed by atoms with Crippen molar-refractivity contribution >= 4 is 22.7 Å². The molecule has 3 heteroatoms. The summed E-state index contributed by atoms with van der Waals surface area (Å²) in [7, 11) is -0.0553. The summed E-state index contributed by atoms with van der Waals surface area (Å²) in [5, 5.41) is 0. The molecule has 1 aliphatic heterocycles. The molecule has 0 fully saturated rings. The van der Waals surface area contributed by atoms with Gasteiger partial charge in [-0.3, -0.25) is 0 Å². The molecule has 0 N–H and O–H groups in total. The van der Waals surface area contributed by atoms with Crippen LogP contribution in [0.25, 0.3) is 0 Å². The topological polar surface area (TPSA) is 9.23 Å². The number of fused-ring (bicyclic) bond motifs is 2. The van der Waals surface area contributed by atoms with Gasteiger partial charge in [-0.25, -0.2) is 0 Å². The molecule has 0 atom stereocenters. The van der Waals surface area contributed by atoms with Crippen LogP contribution in [0, 0.1) is 0 Å². The van der Waals surface area contributed by atoms with E-state index in [-0.39, 0.29) is 17.0 Å². The summed E-state index contributed by atoms with van der Waals surface area (Å²) in [6.07, 6.45) is 0.200. The Morgan fingerprint density at radius 1 is 0.750 bits per heavy atom. The predicted octanol–water partition coefficient (Wildman–Crippen LogP) is 6.03. The van der Waals surface area contributed by atoms with Gasteiger partial charge in [0.15, 0.2) is 14.7 Å². The lowest BCUT2D eigenvalue weighted by atomic mass is 10.3. The molecule has 0 saturated carbocycles. The first-order chi connectivity index (χ1) is 11.7. The van der Waals surface area contributed by atoms with Gasteiger partial charge in [0, 0.05) is 0 Å². The van der Waals surface area contributed by atoms with E-state index in [0.29, 0.717) is 0 Å². The average Bonchev–Trinajstić information content (AvgIpc) is 2.60. The molecule has 0 unspecified atom stereocenters. The van der Waals surface area contributed by atoms with Crippen LogP contribution < -0.4 is 4.74 Å². The average molecular weight is 352 g/mol. The summed E-state index contributed by atoms with van der Waals surface area (Å²) < 4.78 is 5.79. The van der Waals surface area contributed by atoms with E-state index in [1.165, 1.54) is 24.5 Å². The second-order valence-corrected chi connectivity index (χ2v) is 8.99. The third-order valence-electron chi connectivity index (χ3n) is 3.79. The summed E-state index contributed by atoms with van der Waals surface area (Å²) in [5.74, 6) is 0.935. The van der Waals surface area contributed by atoms with E-state index in [0.717, 1.165) is 5.75 Å². The van der Waals surface area contributed by atoms with Crippen LogP contribution in [0.2, 0.25) is 0 Å². The molecule has 3 aromatic carbocycles. The van der Waals surface area contributed by atoms with Crippen LogP contribution in [0.4, 0.5) is 0 Å². The van der Waals surface area contributed by atoms with Crippen LogP contribution in [-0.2, 0) is 10.9 Å². The molecule has 4 rings (SSSR count). The molecule has 0 aliphatic carbocycles. The second kappa shape index (κ2) is 6.58. The first-order valence-electron chi connectivity index (χ1n) is 8.09. The van der Waals surface area contributed by atoms with E-state index >= 15 is 0 Å². The minimum absolute atomic E-state index is 0.0553. The van der Waals surface area contributed by atoms with Crippen LogP contribution in [-0.4, -0.2) is 6.10 Å². The molecule has 0 spiro atoms. The second-order valence-electron chi connectivity index (χ2n) is 5.94. The van der Waals surface area contributed by atoms with Crippen molar-refractivity contribution in [3.63, 3.8) is 0 Å². The van der Waals surface area contributed by atoms with Gasteiger partial charge in [0.25, 0.3) is 0 Å². The molecule has 0 radical (unpaired) electrons. The zero-order chi connectivity index (χ0) is 16.5. The number of ether oxygens (including phenoxy) is 1. The molecule has 1 aliphatic rings. The third kappa shape index (κ3) is 2.94. The molecule has 120 valence electrons. The monoisotopic (exact) mass is 351 g/mol. The molecule has 1 nitrogen and oxygen atoms in total. The largest absolute Gasteiger partial charge is 0.491 e. The van der Waals surface area contributed by atoms with Gasteiger partial charge < -0.3 is 4.74 Å². The van der Waals surface area contributed by atoms with Crippen LogP contribution in [0.3, 0.4) is 0 Å². The highest BCUT2D eigenvalue weighted by Crippen LogP contribution is 2.48. The Balaban J connectivity index is 1.80. The third-order valence-corrected chi connectivity index (χ3v) is 7.53. The van der Waals surface area contributed by atoms with Crippen LogP contribution in [0.1, 0.15) is 13.8 Å². The number of benzene rings is 3. The summed E-state index contributed by atoms with van der Waals surface area (Å²) >= 11 is 1.87. The number of hydrogen-bond acceptors (Lipinski definition) is 2. The molecular weight excluding hydrogens is 332 g/mol. The van der Waals surface area contributed by atoms with Gasteiger partial charge in [0.1, 0.15) is 16.6 Å². The Morgan fingerprint density at radius 3 is 1.83 bits per heavy atom. The predicted molar refractivity (Wildman–Crippen MR) is 101 cm³/mol. The molecule has 0 saturated heterocycles. The minimum Gasteiger partial charge on any atom is -0.491 e. The van der Waals surface area contributed by atoms with Gasteiger partial charge in [0.05, 0.1) is 15.9 Å². The SMILES string of the molecule is CC(C)Oc1ccc([S+]2c3ccccc3Sc3ccccc32)cc1. The highest BCUT2D eigenvalue weighted by Gasteiger charge is 2.37. The van der Waals surface area contributed by atoms with Gasteiger partial charge in [-0.15, -0.1) is 0 Å². The highest BCUT2D eigenvalue weighted by molar-refractivity contribution is 8.04. The molecule has 24 heavy (non-hydrogen) atoms. The zero-order valence-corrected chi connectivity index (χ0v) is 15.4. The lowest BCUT2D eigenvalue weighted by molar-refractivity contribution is 0.242. The van der Waals surface area contributed by atoms with Crippen molar-refractivity contribution < 1.29 is 4.74 Å². The van der Waals surface area contributed by atoms with Crippen molar-refractivity contribution in [3.05, 3.63) is 72.8 Å². The summed E-state index contributed by atoms with van der Waals surface area (Å²) in [4.78, 5) is 6.90. The van der Waals surface area contributed by atoms with E-state index in [4.69, 9.17) is 4.74 Å². The van der Waals surface area contributed by atoms with Crippen molar-refractivity contribution in [2.24, 2.45) is 0 Å². The lowest BCUT2D eigenvalue weighted by Gasteiger charge is -2.19. The number of hydrogen-bond donors (Lipinski definition) is 0. The molecular formula is C21H19OS2+. The van der Waals surface area contributed by atoms with E-state index in [9.17, 15) is 0 Å². The van der Waals surface area contributed by atoms with Crippen LogP contribution >= 0.6 is 11.8 Å². The van der Waals surface area contributed by atoms with Crippen molar-refractivity contribution in [2.75, 3.05) is 0 Å². The fraction of sp³-hybridized carbons (Fsp3) is 0.143. The fourth-order valence-corrected chi connectivity index (χ4v) is 6.56. The standard InChI is InChI=1S/C21H19OS2/c1-15(2)22-16-11-13-17(14-12-16)24-20-9-5-3-7-18(20)23-19-8-4-6-10-21(19)24/h3-15H,1-2H3/q+1. The van der Waals surface area contributed by atoms with Crippen molar-refractivity contribution in [1.82, 2.24) is 0 Å². The Labute approximate surface area is 150 Å². The molecule has 1 heterocycles. The smallest absolute Gasteiger partial charge is 0.180 e. The Bertz CT molecular complexity index is 810.